The van der Waals surface area contributed by atoms with Crippen LogP contribution < -0.4 is 5.32 Å². The van der Waals surface area contributed by atoms with Crippen LogP contribution in [0.2, 0.25) is 10.0 Å². The quantitative estimate of drug-likeness (QED) is 0.389. The molecule has 0 spiro atoms. The lowest BCUT2D eigenvalue weighted by atomic mass is 10.2. The van der Waals surface area contributed by atoms with Gasteiger partial charge in [-0.25, -0.2) is 0 Å². The third-order valence-corrected chi connectivity index (χ3v) is 4.79. The van der Waals surface area contributed by atoms with Gasteiger partial charge in [-0.3, -0.25) is 9.59 Å². The number of hydrogen-bond acceptors (Lipinski definition) is 4. The molecule has 3 N–H and O–H groups in total. The maximum absolute atomic E-state index is 12.0. The molecule has 7 nitrogen and oxygen atoms in total. The lowest BCUT2D eigenvalue weighted by molar-refractivity contribution is -0.122. The highest BCUT2D eigenvalue weighted by Crippen LogP contribution is 2.36. The van der Waals surface area contributed by atoms with E-state index in [9.17, 15) is 14.7 Å². The standard InChI is InChI=1S/C18H13BrCl2N4O3/c19-9-1-3-13-11(7-9)17(18(28)23-13)25-24-16(27)6-5-15(26)22-14-4-2-10(20)8-12(14)21/h1-4,7-8,23,28H,5-6H2,(H,22,26). The Balaban J connectivity index is 1.60. The van der Waals surface area contributed by atoms with Gasteiger partial charge in [-0.05, 0) is 36.4 Å². The van der Waals surface area contributed by atoms with E-state index in [4.69, 9.17) is 23.2 Å². The molecule has 0 aliphatic carbocycles. The molecule has 3 rings (SSSR count). The summed E-state index contributed by atoms with van der Waals surface area (Å²) in [6, 6.07) is 9.97. The van der Waals surface area contributed by atoms with Crippen molar-refractivity contribution in [2.45, 2.75) is 12.8 Å². The van der Waals surface area contributed by atoms with Gasteiger partial charge in [0.2, 0.25) is 11.8 Å². The fourth-order valence-corrected chi connectivity index (χ4v) is 3.23. The predicted molar refractivity (Wildman–Crippen MR) is 112 cm³/mol. The van der Waals surface area contributed by atoms with Crippen molar-refractivity contribution in [2.75, 3.05) is 5.32 Å². The van der Waals surface area contributed by atoms with Gasteiger partial charge >= 0.3 is 0 Å². The molecule has 2 amide bonds. The number of amides is 2. The number of rotatable bonds is 5. The Morgan fingerprint density at radius 2 is 1.93 bits per heavy atom. The summed E-state index contributed by atoms with van der Waals surface area (Å²) >= 11 is 15.1. The van der Waals surface area contributed by atoms with Crippen molar-refractivity contribution in [3.8, 4) is 5.88 Å². The van der Waals surface area contributed by atoms with E-state index in [1.807, 2.05) is 0 Å². The molecule has 10 heteroatoms. The lowest BCUT2D eigenvalue weighted by Crippen LogP contribution is -2.13. The van der Waals surface area contributed by atoms with Crippen molar-refractivity contribution in [3.63, 3.8) is 0 Å². The molecule has 1 aromatic heterocycles. The SMILES string of the molecule is O=C(CCC(=O)Nc1ccc(Cl)cc1Cl)N=Nc1c(O)[nH]c2ccc(Br)cc12. The maximum Gasteiger partial charge on any atom is 0.265 e. The van der Waals surface area contributed by atoms with Crippen LogP contribution >= 0.6 is 39.1 Å². The number of nitrogens with one attached hydrogen (secondary N) is 2. The number of benzene rings is 2. The maximum atomic E-state index is 12.0. The average Bonchev–Trinajstić information content (AvgIpc) is 2.95. The summed E-state index contributed by atoms with van der Waals surface area (Å²) in [7, 11) is 0. The first-order valence-electron chi connectivity index (χ1n) is 8.03. The first-order valence-corrected chi connectivity index (χ1v) is 9.58. The lowest BCUT2D eigenvalue weighted by Gasteiger charge is -2.06. The third-order valence-electron chi connectivity index (χ3n) is 3.75. The minimum absolute atomic E-state index is 0.0950. The van der Waals surface area contributed by atoms with Gasteiger partial charge in [0, 0.05) is 27.7 Å². The van der Waals surface area contributed by atoms with Crippen molar-refractivity contribution >= 4 is 73.2 Å². The molecule has 0 bridgehead atoms. The average molecular weight is 484 g/mol. The Kier molecular flexibility index (Phi) is 6.33. The monoisotopic (exact) mass is 482 g/mol. The summed E-state index contributed by atoms with van der Waals surface area (Å²) in [6.07, 6.45) is -0.240. The van der Waals surface area contributed by atoms with Gasteiger partial charge in [-0.1, -0.05) is 39.1 Å². The molecule has 0 atom stereocenters. The number of anilines is 1. The van der Waals surface area contributed by atoms with Crippen molar-refractivity contribution < 1.29 is 14.7 Å². The summed E-state index contributed by atoms with van der Waals surface area (Å²) in [6.45, 7) is 0. The molecule has 0 unspecified atom stereocenters. The Bertz CT molecular complexity index is 1100. The van der Waals surface area contributed by atoms with Crippen LogP contribution in [0.3, 0.4) is 0 Å². The summed E-state index contributed by atoms with van der Waals surface area (Å²) in [5.74, 6) is -1.19. The zero-order valence-electron chi connectivity index (χ0n) is 14.2. The molecule has 0 aliphatic rings. The second-order valence-corrected chi connectivity index (χ2v) is 7.54. The molecule has 3 aromatic rings. The van der Waals surface area contributed by atoms with E-state index in [0.717, 1.165) is 4.47 Å². The van der Waals surface area contributed by atoms with Crippen LogP contribution in [-0.2, 0) is 9.59 Å². The second-order valence-electron chi connectivity index (χ2n) is 5.78. The van der Waals surface area contributed by atoms with Crippen LogP contribution in [0.25, 0.3) is 10.9 Å². The zero-order chi connectivity index (χ0) is 20.3. The van der Waals surface area contributed by atoms with E-state index in [0.29, 0.717) is 26.6 Å². The number of hydrogen-bond donors (Lipinski definition) is 3. The number of aromatic amines is 1. The summed E-state index contributed by atoms with van der Waals surface area (Å²) in [4.78, 5) is 26.7. The molecule has 2 aromatic carbocycles. The summed E-state index contributed by atoms with van der Waals surface area (Å²) in [5, 5.41) is 21.3. The molecule has 0 saturated heterocycles. The summed E-state index contributed by atoms with van der Waals surface area (Å²) in [5.41, 5.74) is 1.21. The molecule has 0 fully saturated rings. The fraction of sp³-hybridized carbons (Fsp3) is 0.111. The molecule has 144 valence electrons. The van der Waals surface area contributed by atoms with Crippen LogP contribution in [-0.4, -0.2) is 21.9 Å². The van der Waals surface area contributed by atoms with E-state index >= 15 is 0 Å². The van der Waals surface area contributed by atoms with Gasteiger partial charge in [-0.2, -0.15) is 0 Å². The van der Waals surface area contributed by atoms with Crippen LogP contribution in [0, 0.1) is 0 Å². The number of halogens is 3. The van der Waals surface area contributed by atoms with Crippen LogP contribution in [0.15, 0.2) is 51.1 Å². The van der Waals surface area contributed by atoms with Crippen molar-refractivity contribution in [1.82, 2.24) is 4.98 Å². The van der Waals surface area contributed by atoms with Gasteiger partial charge in [0.25, 0.3) is 5.91 Å². The Labute approximate surface area is 177 Å². The Morgan fingerprint density at radius 3 is 2.68 bits per heavy atom. The van der Waals surface area contributed by atoms with Crippen molar-refractivity contribution in [1.29, 1.82) is 0 Å². The normalized spacial score (nSPS) is 11.2. The predicted octanol–water partition coefficient (Wildman–Crippen LogP) is 5.97. The van der Waals surface area contributed by atoms with Crippen LogP contribution in [0.5, 0.6) is 5.88 Å². The number of azo groups is 1. The van der Waals surface area contributed by atoms with E-state index in [-0.39, 0.29) is 24.4 Å². The third kappa shape index (κ3) is 4.89. The number of H-pyrrole nitrogens is 1. The second kappa shape index (κ2) is 8.72. The minimum Gasteiger partial charge on any atom is -0.493 e. The number of nitrogens with zero attached hydrogens (tertiary/aromatic N) is 2. The largest absolute Gasteiger partial charge is 0.493 e. The van der Waals surface area contributed by atoms with Gasteiger partial charge in [0.05, 0.1) is 16.2 Å². The fourth-order valence-electron chi connectivity index (χ4n) is 2.42. The number of carbonyl (C=O) groups excluding carboxylic acids is 2. The molecular weight excluding hydrogens is 471 g/mol. The molecule has 0 aliphatic heterocycles. The first-order chi connectivity index (χ1) is 13.3. The Morgan fingerprint density at radius 1 is 1.14 bits per heavy atom. The smallest absolute Gasteiger partial charge is 0.265 e. The zero-order valence-corrected chi connectivity index (χ0v) is 17.3. The first kappa shape index (κ1) is 20.3. The highest BCUT2D eigenvalue weighted by atomic mass is 79.9. The minimum atomic E-state index is -0.596. The van der Waals surface area contributed by atoms with Crippen LogP contribution in [0.4, 0.5) is 11.4 Å². The molecule has 0 radical (unpaired) electrons. The number of carbonyl (C=O) groups is 2. The topological polar surface area (TPSA) is 107 Å². The molecule has 1 heterocycles. The van der Waals surface area contributed by atoms with Crippen molar-refractivity contribution in [3.05, 3.63) is 50.9 Å². The highest BCUT2D eigenvalue weighted by Gasteiger charge is 2.13. The molecule has 0 saturated carbocycles. The molecule has 28 heavy (non-hydrogen) atoms. The number of aromatic nitrogens is 1. The van der Waals surface area contributed by atoms with Gasteiger partial charge in [-0.15, -0.1) is 10.2 Å². The van der Waals surface area contributed by atoms with E-state index in [2.05, 4.69) is 36.5 Å². The molecular formula is C18H13BrCl2N4O3. The number of aromatic hydroxyl groups is 1. The van der Waals surface area contributed by atoms with Gasteiger partial charge in [0.1, 0.15) is 0 Å². The van der Waals surface area contributed by atoms with E-state index < -0.39 is 11.8 Å². The Hall–Kier alpha value is -2.42. The van der Waals surface area contributed by atoms with Gasteiger partial charge < -0.3 is 15.4 Å². The van der Waals surface area contributed by atoms with Gasteiger partial charge in [0.15, 0.2) is 5.69 Å². The van der Waals surface area contributed by atoms with E-state index in [1.165, 1.54) is 6.07 Å². The highest BCUT2D eigenvalue weighted by molar-refractivity contribution is 9.10. The summed E-state index contributed by atoms with van der Waals surface area (Å²) < 4.78 is 0.791. The number of fused-ring (bicyclic) bond motifs is 1. The van der Waals surface area contributed by atoms with Crippen LogP contribution in [0.1, 0.15) is 12.8 Å². The van der Waals surface area contributed by atoms with Crippen molar-refractivity contribution in [2.24, 2.45) is 10.2 Å². The van der Waals surface area contributed by atoms with E-state index in [1.54, 1.807) is 30.3 Å².